The van der Waals surface area contributed by atoms with Crippen LogP contribution >= 0.6 is 11.6 Å². The number of rotatable bonds is 7. The van der Waals surface area contributed by atoms with Gasteiger partial charge in [0.1, 0.15) is 5.82 Å². The van der Waals surface area contributed by atoms with Crippen LogP contribution in [0, 0.1) is 5.92 Å². The van der Waals surface area contributed by atoms with Crippen LogP contribution < -0.4 is 5.32 Å². The van der Waals surface area contributed by atoms with Gasteiger partial charge in [0, 0.05) is 13.0 Å². The Morgan fingerprint density at radius 2 is 2.10 bits per heavy atom. The third-order valence-corrected chi connectivity index (χ3v) is 4.41. The molecule has 114 valence electrons. The molecule has 0 bridgehead atoms. The van der Waals surface area contributed by atoms with Crippen molar-refractivity contribution >= 4 is 11.6 Å². The maximum Gasteiger partial charge on any atom is 0.151 e. The molecule has 1 heterocycles. The molecule has 5 heteroatoms. The van der Waals surface area contributed by atoms with Crippen molar-refractivity contribution in [3.63, 3.8) is 0 Å². The number of hydrogen-bond acceptors (Lipinski definition) is 3. The molecule has 1 fully saturated rings. The van der Waals surface area contributed by atoms with Crippen molar-refractivity contribution in [3.05, 3.63) is 16.7 Å². The average molecular weight is 300 g/mol. The summed E-state index contributed by atoms with van der Waals surface area (Å²) in [5.74, 6) is 1.68. The molecule has 2 rings (SSSR count). The van der Waals surface area contributed by atoms with Crippen LogP contribution in [0.15, 0.2) is 0 Å². The molecular weight excluding hydrogens is 274 g/mol. The molecule has 1 saturated carbocycles. The molecule has 1 aliphatic rings. The maximum absolute atomic E-state index is 9.49. The zero-order valence-electron chi connectivity index (χ0n) is 12.3. The summed E-state index contributed by atoms with van der Waals surface area (Å²) in [6.45, 7) is 3.91. The fourth-order valence-electron chi connectivity index (χ4n) is 2.77. The highest BCUT2D eigenvalue weighted by atomic mass is 35.5. The van der Waals surface area contributed by atoms with E-state index in [1.807, 2.05) is 0 Å². The van der Waals surface area contributed by atoms with Crippen molar-refractivity contribution in [1.29, 1.82) is 0 Å². The van der Waals surface area contributed by atoms with Gasteiger partial charge in [0.25, 0.3) is 0 Å². The largest absolute Gasteiger partial charge is 0.393 e. The second-order valence-electron chi connectivity index (χ2n) is 5.86. The first-order valence-electron chi connectivity index (χ1n) is 7.81. The molecule has 1 aromatic rings. The first-order chi connectivity index (χ1) is 9.69. The summed E-state index contributed by atoms with van der Waals surface area (Å²) in [4.78, 5) is 7.68. The Bertz CT molecular complexity index is 400. The Kier molecular flexibility index (Phi) is 6.33. The van der Waals surface area contributed by atoms with Gasteiger partial charge in [0.2, 0.25) is 0 Å². The number of aromatic amines is 1. The van der Waals surface area contributed by atoms with Crippen LogP contribution in [0.25, 0.3) is 0 Å². The number of aliphatic hydroxyl groups excluding tert-OH is 1. The van der Waals surface area contributed by atoms with Crippen molar-refractivity contribution in [3.8, 4) is 0 Å². The van der Waals surface area contributed by atoms with Gasteiger partial charge < -0.3 is 15.4 Å². The first kappa shape index (κ1) is 15.8. The molecule has 0 unspecified atom stereocenters. The Labute approximate surface area is 126 Å². The maximum atomic E-state index is 9.49. The molecule has 20 heavy (non-hydrogen) atoms. The molecule has 1 aromatic heterocycles. The SMILES string of the molecule is CCCCc1nc(Cl)c(CNCC2CCC(O)CC2)[nH]1. The molecule has 0 aromatic carbocycles. The van der Waals surface area contributed by atoms with E-state index in [1.54, 1.807) is 0 Å². The molecule has 4 nitrogen and oxygen atoms in total. The number of aryl methyl sites for hydroxylation is 1. The van der Waals surface area contributed by atoms with Crippen LogP contribution in [0.2, 0.25) is 5.15 Å². The van der Waals surface area contributed by atoms with Crippen LogP contribution in [0.5, 0.6) is 0 Å². The molecule has 0 radical (unpaired) electrons. The monoisotopic (exact) mass is 299 g/mol. The Hall–Kier alpha value is -0.580. The second kappa shape index (κ2) is 8.01. The number of unbranched alkanes of at least 4 members (excludes halogenated alkanes) is 1. The number of H-pyrrole nitrogens is 1. The summed E-state index contributed by atoms with van der Waals surface area (Å²) in [5.41, 5.74) is 0.994. The number of nitrogens with zero attached hydrogens (tertiary/aromatic N) is 1. The topological polar surface area (TPSA) is 60.9 Å². The zero-order valence-corrected chi connectivity index (χ0v) is 13.0. The van der Waals surface area contributed by atoms with E-state index in [9.17, 15) is 5.11 Å². The van der Waals surface area contributed by atoms with E-state index in [1.165, 1.54) is 6.42 Å². The quantitative estimate of drug-likeness (QED) is 0.725. The number of halogens is 1. The summed E-state index contributed by atoms with van der Waals surface area (Å²) < 4.78 is 0. The molecule has 3 N–H and O–H groups in total. The van der Waals surface area contributed by atoms with Gasteiger partial charge >= 0.3 is 0 Å². The average Bonchev–Trinajstić information content (AvgIpc) is 2.79. The van der Waals surface area contributed by atoms with E-state index in [4.69, 9.17) is 11.6 Å². The number of aliphatic hydroxyl groups is 1. The molecule has 0 amide bonds. The minimum atomic E-state index is -0.0746. The summed E-state index contributed by atoms with van der Waals surface area (Å²) in [7, 11) is 0. The number of aromatic nitrogens is 2. The lowest BCUT2D eigenvalue weighted by molar-refractivity contribution is 0.108. The lowest BCUT2D eigenvalue weighted by atomic mass is 9.87. The fourth-order valence-corrected chi connectivity index (χ4v) is 2.99. The predicted molar refractivity (Wildman–Crippen MR) is 81.9 cm³/mol. The zero-order chi connectivity index (χ0) is 14.4. The van der Waals surface area contributed by atoms with Crippen molar-refractivity contribution in [2.75, 3.05) is 6.54 Å². The number of nitrogens with one attached hydrogen (secondary N) is 2. The van der Waals surface area contributed by atoms with Gasteiger partial charge in [-0.2, -0.15) is 0 Å². The molecule has 0 atom stereocenters. The molecule has 1 aliphatic carbocycles. The van der Waals surface area contributed by atoms with E-state index in [-0.39, 0.29) is 6.10 Å². The van der Waals surface area contributed by atoms with Crippen molar-refractivity contribution < 1.29 is 5.11 Å². The molecule has 0 spiro atoms. The highest BCUT2D eigenvalue weighted by Crippen LogP contribution is 2.23. The van der Waals surface area contributed by atoms with Crippen LogP contribution in [-0.4, -0.2) is 27.7 Å². The van der Waals surface area contributed by atoms with Gasteiger partial charge in [-0.05, 0) is 44.6 Å². The van der Waals surface area contributed by atoms with Gasteiger partial charge in [-0.1, -0.05) is 24.9 Å². The van der Waals surface area contributed by atoms with Crippen molar-refractivity contribution in [2.45, 2.75) is 64.5 Å². The summed E-state index contributed by atoms with van der Waals surface area (Å²) in [6, 6.07) is 0. The van der Waals surface area contributed by atoms with Gasteiger partial charge in [-0.3, -0.25) is 0 Å². The van der Waals surface area contributed by atoms with E-state index < -0.39 is 0 Å². The molecule has 0 saturated heterocycles. The fraction of sp³-hybridized carbons (Fsp3) is 0.800. The lowest BCUT2D eigenvalue weighted by Gasteiger charge is -2.25. The summed E-state index contributed by atoms with van der Waals surface area (Å²) >= 11 is 6.15. The third kappa shape index (κ3) is 4.76. The highest BCUT2D eigenvalue weighted by molar-refractivity contribution is 6.30. The van der Waals surface area contributed by atoms with Gasteiger partial charge in [0.05, 0.1) is 11.8 Å². The molecular formula is C15H26ClN3O. The number of imidazole rings is 1. The second-order valence-corrected chi connectivity index (χ2v) is 6.22. The Morgan fingerprint density at radius 1 is 1.35 bits per heavy atom. The van der Waals surface area contributed by atoms with E-state index in [2.05, 4.69) is 22.2 Å². The lowest BCUT2D eigenvalue weighted by Crippen LogP contribution is -2.27. The van der Waals surface area contributed by atoms with Gasteiger partial charge in [-0.15, -0.1) is 0 Å². The van der Waals surface area contributed by atoms with Crippen LogP contribution in [-0.2, 0) is 13.0 Å². The smallest absolute Gasteiger partial charge is 0.151 e. The minimum absolute atomic E-state index is 0.0746. The summed E-state index contributed by atoms with van der Waals surface area (Å²) in [6.07, 6.45) is 7.32. The van der Waals surface area contributed by atoms with E-state index in [0.29, 0.717) is 11.1 Å². The predicted octanol–water partition coefficient (Wildman–Crippen LogP) is 3.05. The van der Waals surface area contributed by atoms with E-state index in [0.717, 1.165) is 63.1 Å². The van der Waals surface area contributed by atoms with Crippen LogP contribution in [0.4, 0.5) is 0 Å². The Balaban J connectivity index is 1.72. The summed E-state index contributed by atoms with van der Waals surface area (Å²) in [5, 5.41) is 13.5. The number of hydrogen-bond donors (Lipinski definition) is 3. The highest BCUT2D eigenvalue weighted by Gasteiger charge is 2.19. The molecule has 0 aliphatic heterocycles. The normalized spacial score (nSPS) is 23.1. The van der Waals surface area contributed by atoms with Crippen LogP contribution in [0.3, 0.4) is 0 Å². The first-order valence-corrected chi connectivity index (χ1v) is 8.18. The third-order valence-electron chi connectivity index (χ3n) is 4.10. The van der Waals surface area contributed by atoms with Gasteiger partial charge in [-0.25, -0.2) is 4.98 Å². The standard InChI is InChI=1S/C15H26ClN3O/c1-2-3-4-14-18-13(15(16)19-14)10-17-9-11-5-7-12(20)8-6-11/h11-12,17,20H,2-10H2,1H3,(H,18,19). The van der Waals surface area contributed by atoms with Crippen LogP contribution in [0.1, 0.15) is 57.0 Å². The van der Waals surface area contributed by atoms with Crippen molar-refractivity contribution in [1.82, 2.24) is 15.3 Å². The minimum Gasteiger partial charge on any atom is -0.393 e. The van der Waals surface area contributed by atoms with E-state index >= 15 is 0 Å². The van der Waals surface area contributed by atoms with Crippen molar-refractivity contribution in [2.24, 2.45) is 5.92 Å². The van der Waals surface area contributed by atoms with Gasteiger partial charge in [0.15, 0.2) is 5.15 Å². The Morgan fingerprint density at radius 3 is 2.80 bits per heavy atom.